The van der Waals surface area contributed by atoms with E-state index in [9.17, 15) is 4.79 Å². The zero-order chi connectivity index (χ0) is 28.0. The number of benzene rings is 3. The predicted octanol–water partition coefficient (Wildman–Crippen LogP) is 7.12. The van der Waals surface area contributed by atoms with Crippen molar-refractivity contribution < 1.29 is 9.47 Å². The van der Waals surface area contributed by atoms with Crippen molar-refractivity contribution in [3.05, 3.63) is 111 Å². The maximum absolute atomic E-state index is 14.1. The second kappa shape index (κ2) is 12.4. The fourth-order valence-corrected chi connectivity index (χ4v) is 5.04. The highest BCUT2D eigenvalue weighted by Gasteiger charge is 2.21. The number of hydrogen-bond acceptors (Lipinski definition) is 4. The molecule has 0 aliphatic heterocycles. The molecule has 4 aromatic rings. The van der Waals surface area contributed by atoms with Gasteiger partial charge in [-0.1, -0.05) is 68.8 Å². The third-order valence-electron chi connectivity index (χ3n) is 6.91. The Morgan fingerprint density at radius 3 is 2.23 bits per heavy atom. The molecule has 0 saturated carbocycles. The van der Waals surface area contributed by atoms with Crippen LogP contribution in [0.4, 0.5) is 0 Å². The standard InChI is InChI=1S/C34H40N2O3/c1-7-11-31-30(22-25-14-16-26(17-15-25)29-13-10-9-12-24(29)3)33(37)36(32(8-2)35-31)27-18-20-28(21-19-27)39-34(4,5)23-38-6/h9-10,12-21H,7-8,11,22-23H2,1-6H3. The molecule has 3 aromatic carbocycles. The lowest BCUT2D eigenvalue weighted by Crippen LogP contribution is -2.33. The highest BCUT2D eigenvalue weighted by Crippen LogP contribution is 2.25. The number of nitrogens with zero attached hydrogens (tertiary/aromatic N) is 2. The Bertz CT molecular complexity index is 1450. The zero-order valence-electron chi connectivity index (χ0n) is 24.1. The molecule has 0 aliphatic rings. The summed E-state index contributed by atoms with van der Waals surface area (Å²) in [5, 5.41) is 0. The molecular formula is C34H40N2O3. The topological polar surface area (TPSA) is 53.4 Å². The first-order valence-electron chi connectivity index (χ1n) is 13.8. The normalized spacial score (nSPS) is 11.5. The maximum Gasteiger partial charge on any atom is 0.261 e. The molecule has 0 N–H and O–H groups in total. The molecule has 0 fully saturated rings. The molecule has 1 aromatic heterocycles. The number of ether oxygens (including phenoxy) is 2. The summed E-state index contributed by atoms with van der Waals surface area (Å²) in [4.78, 5) is 19.1. The average Bonchev–Trinajstić information content (AvgIpc) is 2.92. The number of aromatic nitrogens is 2. The molecule has 39 heavy (non-hydrogen) atoms. The summed E-state index contributed by atoms with van der Waals surface area (Å²) in [6.07, 6.45) is 2.92. The number of aryl methyl sites for hydroxylation is 3. The van der Waals surface area contributed by atoms with Gasteiger partial charge in [0.05, 0.1) is 18.0 Å². The van der Waals surface area contributed by atoms with Crippen LogP contribution >= 0.6 is 0 Å². The van der Waals surface area contributed by atoms with E-state index in [-0.39, 0.29) is 5.56 Å². The van der Waals surface area contributed by atoms with Gasteiger partial charge in [-0.25, -0.2) is 4.98 Å². The van der Waals surface area contributed by atoms with Crippen molar-refractivity contribution in [2.75, 3.05) is 13.7 Å². The second-order valence-electron chi connectivity index (χ2n) is 10.7. The van der Waals surface area contributed by atoms with Gasteiger partial charge in [-0.2, -0.15) is 0 Å². The SMILES string of the molecule is CCCc1nc(CC)n(-c2ccc(OC(C)(C)COC)cc2)c(=O)c1Cc1ccc(-c2ccccc2C)cc1. The smallest absolute Gasteiger partial charge is 0.261 e. The van der Waals surface area contributed by atoms with Crippen molar-refractivity contribution in [3.63, 3.8) is 0 Å². The first-order chi connectivity index (χ1) is 18.8. The molecule has 5 heteroatoms. The average molecular weight is 525 g/mol. The molecule has 0 unspecified atom stereocenters. The molecule has 0 amide bonds. The fourth-order valence-electron chi connectivity index (χ4n) is 5.04. The van der Waals surface area contributed by atoms with E-state index in [1.165, 1.54) is 16.7 Å². The summed E-state index contributed by atoms with van der Waals surface area (Å²) >= 11 is 0. The van der Waals surface area contributed by atoms with Gasteiger partial charge >= 0.3 is 0 Å². The largest absolute Gasteiger partial charge is 0.485 e. The Labute approximate surface area is 232 Å². The molecule has 204 valence electrons. The molecule has 0 atom stereocenters. The summed E-state index contributed by atoms with van der Waals surface area (Å²) in [7, 11) is 1.66. The summed E-state index contributed by atoms with van der Waals surface area (Å²) in [6.45, 7) is 10.8. The molecule has 0 saturated heterocycles. The van der Waals surface area contributed by atoms with Gasteiger partial charge in [0.1, 0.15) is 17.2 Å². The number of rotatable bonds is 11. The molecule has 0 spiro atoms. The van der Waals surface area contributed by atoms with Crippen LogP contribution in [0.25, 0.3) is 16.8 Å². The van der Waals surface area contributed by atoms with Crippen LogP contribution in [0.5, 0.6) is 5.75 Å². The van der Waals surface area contributed by atoms with E-state index in [1.54, 1.807) is 11.7 Å². The summed E-state index contributed by atoms with van der Waals surface area (Å²) in [5.41, 5.74) is 6.76. The van der Waals surface area contributed by atoms with E-state index in [0.29, 0.717) is 19.4 Å². The highest BCUT2D eigenvalue weighted by molar-refractivity contribution is 5.67. The van der Waals surface area contributed by atoms with Crippen LogP contribution in [0, 0.1) is 6.92 Å². The van der Waals surface area contributed by atoms with Crippen LogP contribution in [-0.4, -0.2) is 28.9 Å². The van der Waals surface area contributed by atoms with Crippen molar-refractivity contribution in [1.29, 1.82) is 0 Å². The van der Waals surface area contributed by atoms with Crippen LogP contribution in [0.2, 0.25) is 0 Å². The fraction of sp³-hybridized carbons (Fsp3) is 0.353. The van der Waals surface area contributed by atoms with Gasteiger partial charge < -0.3 is 9.47 Å². The van der Waals surface area contributed by atoms with Crippen molar-refractivity contribution in [2.24, 2.45) is 0 Å². The Balaban J connectivity index is 1.69. The molecular weight excluding hydrogens is 484 g/mol. The molecule has 0 aliphatic carbocycles. The highest BCUT2D eigenvalue weighted by atomic mass is 16.5. The van der Waals surface area contributed by atoms with Gasteiger partial charge in [-0.3, -0.25) is 9.36 Å². The third-order valence-corrected chi connectivity index (χ3v) is 6.91. The van der Waals surface area contributed by atoms with Crippen molar-refractivity contribution in [3.8, 4) is 22.6 Å². The third kappa shape index (κ3) is 6.66. The van der Waals surface area contributed by atoms with Crippen molar-refractivity contribution >= 4 is 0 Å². The molecule has 5 nitrogen and oxygen atoms in total. The first kappa shape index (κ1) is 28.3. The zero-order valence-corrected chi connectivity index (χ0v) is 24.1. The molecule has 1 heterocycles. The van der Waals surface area contributed by atoms with E-state index in [1.807, 2.05) is 45.0 Å². The van der Waals surface area contributed by atoms with Crippen LogP contribution in [0.3, 0.4) is 0 Å². The molecule has 0 radical (unpaired) electrons. The Hall–Kier alpha value is -3.70. The summed E-state index contributed by atoms with van der Waals surface area (Å²) in [6, 6.07) is 24.6. The predicted molar refractivity (Wildman–Crippen MR) is 159 cm³/mol. The lowest BCUT2D eigenvalue weighted by atomic mass is 9.97. The minimum atomic E-state index is -0.451. The van der Waals surface area contributed by atoms with Crippen LogP contribution in [0.1, 0.15) is 62.3 Å². The van der Waals surface area contributed by atoms with Gasteiger partial charge in [0.25, 0.3) is 5.56 Å². The second-order valence-corrected chi connectivity index (χ2v) is 10.7. The summed E-state index contributed by atoms with van der Waals surface area (Å²) in [5.74, 6) is 1.51. The van der Waals surface area contributed by atoms with Gasteiger partial charge in [0.15, 0.2) is 0 Å². The number of methoxy groups -OCH3 is 1. The van der Waals surface area contributed by atoms with Crippen molar-refractivity contribution in [1.82, 2.24) is 9.55 Å². The molecule has 0 bridgehead atoms. The monoisotopic (exact) mass is 524 g/mol. The first-order valence-corrected chi connectivity index (χ1v) is 13.8. The molecule has 4 rings (SSSR count). The van der Waals surface area contributed by atoms with Crippen LogP contribution < -0.4 is 10.3 Å². The number of hydrogen-bond donors (Lipinski definition) is 0. The van der Waals surface area contributed by atoms with Crippen LogP contribution in [0.15, 0.2) is 77.6 Å². The van der Waals surface area contributed by atoms with E-state index in [0.717, 1.165) is 46.9 Å². The van der Waals surface area contributed by atoms with Gasteiger partial charge in [-0.05, 0) is 73.7 Å². The Morgan fingerprint density at radius 2 is 1.62 bits per heavy atom. The quantitative estimate of drug-likeness (QED) is 0.210. The van der Waals surface area contributed by atoms with E-state index in [2.05, 4.69) is 62.4 Å². The van der Waals surface area contributed by atoms with Gasteiger partial charge in [0, 0.05) is 25.5 Å². The van der Waals surface area contributed by atoms with Crippen molar-refractivity contribution in [2.45, 2.75) is 65.9 Å². The van der Waals surface area contributed by atoms with E-state index < -0.39 is 5.60 Å². The lowest BCUT2D eigenvalue weighted by Gasteiger charge is -2.25. The Kier molecular flexibility index (Phi) is 9.03. The summed E-state index contributed by atoms with van der Waals surface area (Å²) < 4.78 is 13.1. The maximum atomic E-state index is 14.1. The van der Waals surface area contributed by atoms with E-state index >= 15 is 0 Å². The Morgan fingerprint density at radius 1 is 0.923 bits per heavy atom. The van der Waals surface area contributed by atoms with Crippen LogP contribution in [-0.2, 0) is 24.0 Å². The lowest BCUT2D eigenvalue weighted by molar-refractivity contribution is 0.0181. The minimum Gasteiger partial charge on any atom is -0.485 e. The van der Waals surface area contributed by atoms with Gasteiger partial charge in [0.2, 0.25) is 0 Å². The minimum absolute atomic E-state index is 0.00154. The van der Waals surface area contributed by atoms with Gasteiger partial charge in [-0.15, -0.1) is 0 Å². The van der Waals surface area contributed by atoms with E-state index in [4.69, 9.17) is 14.5 Å².